The zero-order valence-electron chi connectivity index (χ0n) is 3.54. The molecule has 0 rings (SSSR count). The van der Waals surface area contributed by atoms with Crippen LogP contribution in [0.1, 0.15) is 6.92 Å². The predicted octanol–water partition coefficient (Wildman–Crippen LogP) is 2.10. The highest BCUT2D eigenvalue weighted by atomic mass is 79.9. The smallest absolute Gasteiger partial charge is 0.253 e. The van der Waals surface area contributed by atoms with Crippen molar-refractivity contribution in [3.63, 3.8) is 0 Å². The van der Waals surface area contributed by atoms with Gasteiger partial charge in [-0.3, -0.25) is 4.79 Å². The molecule has 0 saturated heterocycles. The van der Waals surface area contributed by atoms with Crippen LogP contribution in [0, 0.1) is 0 Å². The lowest BCUT2D eigenvalue weighted by Gasteiger charge is -2.03. The zero-order valence-corrected chi connectivity index (χ0v) is 6.64. The molecule has 42 valence electrons. The van der Waals surface area contributed by atoms with Gasteiger partial charge in [-0.1, -0.05) is 27.5 Å². The lowest BCUT2D eigenvalue weighted by atomic mass is 10.5. The van der Waals surface area contributed by atoms with Gasteiger partial charge >= 0.3 is 0 Å². The largest absolute Gasteiger partial charge is 0.278 e. The van der Waals surface area contributed by atoms with Gasteiger partial charge in [0.05, 0.1) is 0 Å². The van der Waals surface area contributed by atoms with Gasteiger partial charge in [0.2, 0.25) is 0 Å². The molecule has 0 aromatic carbocycles. The second kappa shape index (κ2) is 2.33. The first-order chi connectivity index (χ1) is 2.94. The fraction of sp³-hybridized carbons (Fsp3) is 0.667. The van der Waals surface area contributed by atoms with Gasteiger partial charge in [0, 0.05) is 0 Å². The minimum Gasteiger partial charge on any atom is -0.278 e. The van der Waals surface area contributed by atoms with Gasteiger partial charge in [0.25, 0.3) is 5.24 Å². The summed E-state index contributed by atoms with van der Waals surface area (Å²) < 4.78 is -1.09. The first-order valence-corrected chi connectivity index (χ1v) is 3.07. The van der Waals surface area contributed by atoms with Crippen molar-refractivity contribution in [2.75, 3.05) is 0 Å². The Balaban J connectivity index is 3.79. The van der Waals surface area contributed by atoms with E-state index in [1.54, 1.807) is 0 Å². The third kappa shape index (κ3) is 3.32. The number of carbonyl (C=O) groups excluding carboxylic acids is 1. The third-order valence-corrected chi connectivity index (χ3v) is 1.58. The molecular formula is C3H3BrCl2O. The quantitative estimate of drug-likeness (QED) is 0.474. The third-order valence-electron chi connectivity index (χ3n) is 0.345. The first kappa shape index (κ1) is 7.73. The van der Waals surface area contributed by atoms with Crippen molar-refractivity contribution in [3.05, 3.63) is 0 Å². The summed E-state index contributed by atoms with van der Waals surface area (Å²) in [7, 11) is 0. The maximum Gasteiger partial charge on any atom is 0.253 e. The molecule has 0 aliphatic carbocycles. The van der Waals surface area contributed by atoms with E-state index >= 15 is 0 Å². The second-order valence-electron chi connectivity index (χ2n) is 1.16. The molecule has 0 radical (unpaired) electrons. The Hall–Kier alpha value is 0.730. The van der Waals surface area contributed by atoms with Crippen LogP contribution in [0.4, 0.5) is 0 Å². The lowest BCUT2D eigenvalue weighted by molar-refractivity contribution is -0.111. The number of carbonyl (C=O) groups is 1. The van der Waals surface area contributed by atoms with Crippen molar-refractivity contribution in [3.8, 4) is 0 Å². The van der Waals surface area contributed by atoms with Crippen LogP contribution in [0.5, 0.6) is 0 Å². The van der Waals surface area contributed by atoms with Crippen molar-refractivity contribution in [1.82, 2.24) is 0 Å². The molecule has 0 heterocycles. The summed E-state index contributed by atoms with van der Waals surface area (Å²) in [6.45, 7) is 1.46. The summed E-state index contributed by atoms with van der Waals surface area (Å²) in [5.41, 5.74) is 0. The molecule has 1 nitrogen and oxygen atoms in total. The van der Waals surface area contributed by atoms with E-state index in [1.807, 2.05) is 0 Å². The van der Waals surface area contributed by atoms with Gasteiger partial charge in [0.1, 0.15) is 0 Å². The monoisotopic (exact) mass is 204 g/mol. The molecule has 0 N–H and O–H groups in total. The average Bonchev–Trinajstić information content (AvgIpc) is 1.31. The Bertz CT molecular complexity index is 85.4. The van der Waals surface area contributed by atoms with Gasteiger partial charge in [0.15, 0.2) is 3.78 Å². The average molecular weight is 206 g/mol. The van der Waals surface area contributed by atoms with Crippen LogP contribution in [0.2, 0.25) is 0 Å². The van der Waals surface area contributed by atoms with E-state index in [9.17, 15) is 4.79 Å². The minimum atomic E-state index is -1.09. The Kier molecular flexibility index (Phi) is 2.58. The molecule has 4 heteroatoms. The molecule has 0 amide bonds. The van der Waals surface area contributed by atoms with E-state index < -0.39 is 9.03 Å². The van der Waals surface area contributed by atoms with Crippen molar-refractivity contribution in [2.45, 2.75) is 10.7 Å². The highest BCUT2D eigenvalue weighted by Gasteiger charge is 2.23. The number of hydrogen-bond donors (Lipinski definition) is 0. The molecule has 0 spiro atoms. The highest BCUT2D eigenvalue weighted by Crippen LogP contribution is 2.24. The van der Waals surface area contributed by atoms with Crippen molar-refractivity contribution < 1.29 is 4.79 Å². The fourth-order valence-electron chi connectivity index (χ4n) is 0. The summed E-state index contributed by atoms with van der Waals surface area (Å²) in [5, 5.41) is -0.603. The van der Waals surface area contributed by atoms with Gasteiger partial charge in [-0.05, 0) is 18.5 Å². The molecule has 0 saturated carbocycles. The lowest BCUT2D eigenvalue weighted by Crippen LogP contribution is -2.13. The number of halogens is 3. The molecule has 0 bridgehead atoms. The topological polar surface area (TPSA) is 17.1 Å². The van der Waals surface area contributed by atoms with Crippen LogP contribution in [0.15, 0.2) is 0 Å². The van der Waals surface area contributed by atoms with E-state index in [1.165, 1.54) is 6.92 Å². The first-order valence-electron chi connectivity index (χ1n) is 1.52. The molecule has 0 aromatic rings. The van der Waals surface area contributed by atoms with Crippen molar-refractivity contribution in [2.24, 2.45) is 0 Å². The summed E-state index contributed by atoms with van der Waals surface area (Å²) in [4.78, 5) is 10.1. The Morgan fingerprint density at radius 2 is 2.00 bits per heavy atom. The number of rotatable bonds is 1. The van der Waals surface area contributed by atoms with E-state index in [2.05, 4.69) is 15.9 Å². The predicted molar refractivity (Wildman–Crippen MR) is 34.0 cm³/mol. The van der Waals surface area contributed by atoms with Crippen LogP contribution in [-0.2, 0) is 4.79 Å². The minimum absolute atomic E-state index is 0.603. The Morgan fingerprint density at radius 1 is 1.86 bits per heavy atom. The molecule has 0 fully saturated rings. The zero-order chi connectivity index (χ0) is 6.08. The second-order valence-corrected chi connectivity index (χ2v) is 4.30. The van der Waals surface area contributed by atoms with Crippen molar-refractivity contribution >= 4 is 44.4 Å². The van der Waals surface area contributed by atoms with E-state index in [0.29, 0.717) is 0 Å². The van der Waals surface area contributed by atoms with E-state index in [-0.39, 0.29) is 0 Å². The molecular weight excluding hydrogens is 203 g/mol. The van der Waals surface area contributed by atoms with Crippen LogP contribution < -0.4 is 0 Å². The van der Waals surface area contributed by atoms with Crippen LogP contribution >= 0.6 is 39.1 Å². The van der Waals surface area contributed by atoms with Crippen LogP contribution in [0.25, 0.3) is 0 Å². The SMILES string of the molecule is CC(Cl)(Br)C(=O)Cl. The summed E-state index contributed by atoms with van der Waals surface area (Å²) in [6, 6.07) is 0. The van der Waals surface area contributed by atoms with Gasteiger partial charge in [-0.15, -0.1) is 0 Å². The molecule has 0 aliphatic heterocycles. The summed E-state index contributed by atoms with van der Waals surface area (Å²) >= 11 is 13.1. The van der Waals surface area contributed by atoms with Gasteiger partial charge in [-0.2, -0.15) is 0 Å². The van der Waals surface area contributed by atoms with Gasteiger partial charge < -0.3 is 0 Å². The number of alkyl halides is 2. The van der Waals surface area contributed by atoms with E-state index in [0.717, 1.165) is 0 Å². The summed E-state index contributed by atoms with van der Waals surface area (Å²) in [5.74, 6) is 0. The highest BCUT2D eigenvalue weighted by molar-refractivity contribution is 9.10. The molecule has 7 heavy (non-hydrogen) atoms. The van der Waals surface area contributed by atoms with Gasteiger partial charge in [-0.25, -0.2) is 0 Å². The van der Waals surface area contributed by atoms with Crippen LogP contribution in [0.3, 0.4) is 0 Å². The van der Waals surface area contributed by atoms with E-state index in [4.69, 9.17) is 23.2 Å². The fourth-order valence-corrected chi connectivity index (χ4v) is 0. The Labute approximate surface area is 60.1 Å². The van der Waals surface area contributed by atoms with Crippen LogP contribution in [-0.4, -0.2) is 9.03 Å². The maximum atomic E-state index is 10.1. The molecule has 0 aromatic heterocycles. The standard InChI is InChI=1S/C3H3BrCl2O/c1-3(4,6)2(5)7/h1H3. The van der Waals surface area contributed by atoms with Crippen molar-refractivity contribution in [1.29, 1.82) is 0 Å². The Morgan fingerprint density at radius 3 is 2.00 bits per heavy atom. The number of hydrogen-bond acceptors (Lipinski definition) is 1. The summed E-state index contributed by atoms with van der Waals surface area (Å²) in [6.07, 6.45) is 0. The molecule has 1 unspecified atom stereocenters. The molecule has 1 atom stereocenters. The maximum absolute atomic E-state index is 10.1. The molecule has 0 aliphatic rings. The normalized spacial score (nSPS) is 18.3.